The number of nitro benzene ring substituents is 1. The summed E-state index contributed by atoms with van der Waals surface area (Å²) in [7, 11) is 0. The number of carbonyl (C=O) groups is 1. The number of halogens is 3. The first-order valence-corrected chi connectivity index (χ1v) is 11.4. The maximum atomic E-state index is 13.4. The number of carbonyl (C=O) groups excluding carboxylic acids is 1. The molecule has 36 heavy (non-hydrogen) atoms. The van der Waals surface area contributed by atoms with Gasteiger partial charge in [0.15, 0.2) is 5.16 Å². The van der Waals surface area contributed by atoms with Crippen molar-refractivity contribution in [2.75, 3.05) is 11.1 Å². The highest BCUT2D eigenvalue weighted by molar-refractivity contribution is 7.99. The molecule has 0 saturated carbocycles. The van der Waals surface area contributed by atoms with E-state index in [1.165, 1.54) is 4.57 Å². The van der Waals surface area contributed by atoms with Crippen LogP contribution < -0.4 is 10.9 Å². The van der Waals surface area contributed by atoms with Gasteiger partial charge in [-0.25, -0.2) is 4.98 Å². The third-order valence-corrected chi connectivity index (χ3v) is 6.17. The lowest BCUT2D eigenvalue weighted by Gasteiger charge is -2.16. The Hall–Kier alpha value is -4.19. The number of rotatable bonds is 6. The number of aromatic nitrogens is 2. The second-order valence-corrected chi connectivity index (χ2v) is 8.60. The summed E-state index contributed by atoms with van der Waals surface area (Å²) in [5.74, 6) is -1.18. The maximum absolute atomic E-state index is 13.4. The molecule has 0 unspecified atom stereocenters. The minimum Gasteiger partial charge on any atom is -0.325 e. The molecule has 4 aromatic rings. The van der Waals surface area contributed by atoms with Crippen molar-refractivity contribution in [2.45, 2.75) is 18.3 Å². The van der Waals surface area contributed by atoms with Gasteiger partial charge in [-0.2, -0.15) is 13.2 Å². The molecule has 0 spiro atoms. The molecule has 1 N–H and O–H groups in total. The van der Waals surface area contributed by atoms with Gasteiger partial charge < -0.3 is 5.32 Å². The van der Waals surface area contributed by atoms with Gasteiger partial charge in [0.1, 0.15) is 0 Å². The number of nitro groups is 1. The molecule has 0 aliphatic carbocycles. The van der Waals surface area contributed by atoms with E-state index >= 15 is 0 Å². The Bertz CT molecular complexity index is 1550. The van der Waals surface area contributed by atoms with E-state index in [1.807, 2.05) is 13.0 Å². The summed E-state index contributed by atoms with van der Waals surface area (Å²) in [6, 6.07) is 15.9. The summed E-state index contributed by atoms with van der Waals surface area (Å²) >= 11 is 0.879. The van der Waals surface area contributed by atoms with E-state index in [-0.39, 0.29) is 16.5 Å². The van der Waals surface area contributed by atoms with Crippen LogP contribution in [0.4, 0.5) is 24.5 Å². The van der Waals surface area contributed by atoms with Crippen molar-refractivity contribution in [2.24, 2.45) is 0 Å². The fourth-order valence-corrected chi connectivity index (χ4v) is 4.35. The monoisotopic (exact) mass is 514 g/mol. The number of alkyl halides is 3. The largest absolute Gasteiger partial charge is 0.418 e. The minimum absolute atomic E-state index is 0.183. The standard InChI is InChI=1S/C24H17F3N4O4S/c1-14-6-2-5-9-20(14)30-22(33)16-7-3-4-8-18(16)29-23(30)36-13-21(32)28-19-11-10-15(31(34)35)12-17(19)24(25,26)27/h2-12H,13H2,1H3,(H,28,32). The van der Waals surface area contributed by atoms with Gasteiger partial charge in [0, 0.05) is 12.1 Å². The highest BCUT2D eigenvalue weighted by Crippen LogP contribution is 2.37. The smallest absolute Gasteiger partial charge is 0.325 e. The summed E-state index contributed by atoms with van der Waals surface area (Å²) in [4.78, 5) is 40.3. The predicted octanol–water partition coefficient (Wildman–Crippen LogP) is 5.35. The fourth-order valence-electron chi connectivity index (χ4n) is 3.54. The summed E-state index contributed by atoms with van der Waals surface area (Å²) in [5.41, 5.74) is -1.31. The van der Waals surface area contributed by atoms with E-state index in [0.29, 0.717) is 22.7 Å². The van der Waals surface area contributed by atoms with Gasteiger partial charge in [-0.3, -0.25) is 24.3 Å². The molecular formula is C24H17F3N4O4S. The van der Waals surface area contributed by atoms with Crippen molar-refractivity contribution in [1.29, 1.82) is 0 Å². The van der Waals surface area contributed by atoms with Gasteiger partial charge in [-0.05, 0) is 36.8 Å². The molecule has 0 saturated heterocycles. The number of nitrogens with zero attached hydrogens (tertiary/aromatic N) is 3. The van der Waals surface area contributed by atoms with Crippen molar-refractivity contribution >= 4 is 39.9 Å². The zero-order valence-corrected chi connectivity index (χ0v) is 19.4. The molecule has 1 aromatic heterocycles. The number of para-hydroxylation sites is 2. The highest BCUT2D eigenvalue weighted by Gasteiger charge is 2.35. The van der Waals surface area contributed by atoms with Crippen LogP contribution in [0.5, 0.6) is 0 Å². The van der Waals surface area contributed by atoms with E-state index in [4.69, 9.17) is 0 Å². The van der Waals surface area contributed by atoms with Gasteiger partial charge in [0.05, 0.1) is 38.5 Å². The van der Waals surface area contributed by atoms with Crippen LogP contribution in [-0.2, 0) is 11.0 Å². The van der Waals surface area contributed by atoms with Crippen LogP contribution >= 0.6 is 11.8 Å². The van der Waals surface area contributed by atoms with Crippen molar-refractivity contribution < 1.29 is 22.9 Å². The van der Waals surface area contributed by atoms with Crippen molar-refractivity contribution in [1.82, 2.24) is 9.55 Å². The normalized spacial score (nSPS) is 11.4. The number of benzene rings is 3. The molecule has 12 heteroatoms. The Kier molecular flexibility index (Phi) is 6.80. The molecule has 0 aliphatic heterocycles. The second kappa shape index (κ2) is 9.82. The molecule has 184 valence electrons. The molecule has 0 radical (unpaired) electrons. The van der Waals surface area contributed by atoms with Crippen molar-refractivity contribution in [3.63, 3.8) is 0 Å². The van der Waals surface area contributed by atoms with Crippen LogP contribution in [0.15, 0.2) is 76.7 Å². The third-order valence-electron chi connectivity index (χ3n) is 5.23. The maximum Gasteiger partial charge on any atom is 0.418 e. The summed E-state index contributed by atoms with van der Waals surface area (Å²) in [6.45, 7) is 1.81. The number of amides is 1. The van der Waals surface area contributed by atoms with Gasteiger partial charge in [-0.1, -0.05) is 42.1 Å². The minimum atomic E-state index is -4.92. The lowest BCUT2D eigenvalue weighted by Crippen LogP contribution is -2.24. The SMILES string of the molecule is Cc1ccccc1-n1c(SCC(=O)Nc2ccc([N+](=O)[O-])cc2C(F)(F)F)nc2ccccc2c1=O. The topological polar surface area (TPSA) is 107 Å². The van der Waals surface area contributed by atoms with E-state index in [1.54, 1.807) is 42.5 Å². The molecule has 4 rings (SSSR count). The van der Waals surface area contributed by atoms with E-state index in [9.17, 15) is 32.9 Å². The van der Waals surface area contributed by atoms with E-state index < -0.39 is 33.9 Å². The Morgan fingerprint density at radius 1 is 1.11 bits per heavy atom. The van der Waals surface area contributed by atoms with Crippen molar-refractivity contribution in [3.8, 4) is 5.69 Å². The Labute approximate surface area is 205 Å². The van der Waals surface area contributed by atoms with Crippen LogP contribution in [0.2, 0.25) is 0 Å². The van der Waals surface area contributed by atoms with Crippen LogP contribution in [0.3, 0.4) is 0 Å². The number of fused-ring (bicyclic) bond motifs is 1. The zero-order chi connectivity index (χ0) is 26.0. The highest BCUT2D eigenvalue weighted by atomic mass is 32.2. The molecule has 1 heterocycles. The Balaban J connectivity index is 1.67. The average molecular weight is 514 g/mol. The van der Waals surface area contributed by atoms with Gasteiger partial charge in [0.25, 0.3) is 11.2 Å². The molecule has 0 aliphatic rings. The lowest BCUT2D eigenvalue weighted by atomic mass is 10.1. The second-order valence-electron chi connectivity index (χ2n) is 7.66. The number of thioether (sulfide) groups is 1. The number of nitrogens with one attached hydrogen (secondary N) is 1. The first-order valence-electron chi connectivity index (χ1n) is 10.4. The summed E-state index contributed by atoms with van der Waals surface area (Å²) in [5, 5.41) is 13.6. The lowest BCUT2D eigenvalue weighted by molar-refractivity contribution is -0.385. The number of non-ortho nitro benzene ring substituents is 1. The molecule has 1 amide bonds. The number of aryl methyl sites for hydroxylation is 1. The molecule has 0 bridgehead atoms. The first-order chi connectivity index (χ1) is 17.1. The summed E-state index contributed by atoms with van der Waals surface area (Å²) in [6.07, 6.45) is -4.92. The first kappa shape index (κ1) is 24.9. The number of hydrogen-bond donors (Lipinski definition) is 1. The Morgan fingerprint density at radius 2 is 1.81 bits per heavy atom. The van der Waals surface area contributed by atoms with Crippen LogP contribution in [0.25, 0.3) is 16.6 Å². The molecular weight excluding hydrogens is 497 g/mol. The zero-order valence-electron chi connectivity index (χ0n) is 18.6. The van der Waals surface area contributed by atoms with E-state index in [2.05, 4.69) is 10.3 Å². The van der Waals surface area contributed by atoms with E-state index in [0.717, 1.165) is 29.5 Å². The molecule has 0 fully saturated rings. The fraction of sp³-hybridized carbons (Fsp3) is 0.125. The Morgan fingerprint density at radius 3 is 2.50 bits per heavy atom. The number of hydrogen-bond acceptors (Lipinski definition) is 6. The molecule has 3 aromatic carbocycles. The van der Waals surface area contributed by atoms with Gasteiger partial charge in [-0.15, -0.1) is 0 Å². The average Bonchev–Trinajstić information content (AvgIpc) is 2.83. The quantitative estimate of drug-likeness (QED) is 0.161. The molecule has 0 atom stereocenters. The summed E-state index contributed by atoms with van der Waals surface area (Å²) < 4.78 is 41.7. The third kappa shape index (κ3) is 5.08. The van der Waals surface area contributed by atoms with Crippen LogP contribution in [0, 0.1) is 17.0 Å². The van der Waals surface area contributed by atoms with Gasteiger partial charge >= 0.3 is 6.18 Å². The van der Waals surface area contributed by atoms with Crippen LogP contribution in [-0.4, -0.2) is 26.1 Å². The molecule has 8 nitrogen and oxygen atoms in total. The number of anilines is 1. The van der Waals surface area contributed by atoms with Crippen molar-refractivity contribution in [3.05, 3.63) is 98.3 Å². The van der Waals surface area contributed by atoms with Gasteiger partial charge in [0.2, 0.25) is 5.91 Å². The predicted molar refractivity (Wildman–Crippen MR) is 130 cm³/mol. The van der Waals surface area contributed by atoms with Crippen LogP contribution in [0.1, 0.15) is 11.1 Å².